The van der Waals surface area contributed by atoms with Gasteiger partial charge in [0.2, 0.25) is 0 Å². The van der Waals surface area contributed by atoms with Gasteiger partial charge in [-0.2, -0.15) is 0 Å². The van der Waals surface area contributed by atoms with Gasteiger partial charge in [-0.25, -0.2) is 9.97 Å². The van der Waals surface area contributed by atoms with E-state index in [4.69, 9.17) is 10.5 Å². The highest BCUT2D eigenvalue weighted by Crippen LogP contribution is 2.26. The van der Waals surface area contributed by atoms with Crippen LogP contribution in [0, 0.1) is 0 Å². The second-order valence-corrected chi connectivity index (χ2v) is 5.52. The molecule has 5 nitrogen and oxygen atoms in total. The normalized spacial score (nSPS) is 10.4. The number of H-pyrrole nitrogens is 1. The molecule has 0 unspecified atom stereocenters. The molecule has 2 heterocycles. The third kappa shape index (κ3) is 3.17. The molecule has 0 atom stereocenters. The molecule has 4 aromatic rings. The van der Waals surface area contributed by atoms with Crippen LogP contribution in [0.25, 0.3) is 33.5 Å². The topological polar surface area (TPSA) is 76.8 Å². The summed E-state index contributed by atoms with van der Waals surface area (Å²) in [6.45, 7) is 0. The molecule has 3 N–H and O–H groups in total. The van der Waals surface area contributed by atoms with Crippen molar-refractivity contribution in [2.75, 3.05) is 12.8 Å². The molecule has 4 rings (SSSR count). The summed E-state index contributed by atoms with van der Waals surface area (Å²) >= 11 is 0. The van der Waals surface area contributed by atoms with E-state index >= 15 is 0 Å². The quantitative estimate of drug-likeness (QED) is 0.578. The zero-order valence-corrected chi connectivity index (χ0v) is 13.2. The first-order chi connectivity index (χ1) is 11.7. The highest BCUT2D eigenvalue weighted by atomic mass is 16.5. The van der Waals surface area contributed by atoms with Crippen LogP contribution in [-0.4, -0.2) is 22.1 Å². The third-order valence-electron chi connectivity index (χ3n) is 3.97. The minimum absolute atomic E-state index is 0. The number of nitrogen functional groups attached to an aromatic ring is 1. The first-order valence-corrected chi connectivity index (χ1v) is 7.59. The zero-order chi connectivity index (χ0) is 16.5. The average molecular weight is 332 g/mol. The van der Waals surface area contributed by atoms with Crippen molar-refractivity contribution in [1.29, 1.82) is 0 Å². The number of imidazole rings is 1. The number of nitrogens with one attached hydrogen (secondary N) is 1. The fourth-order valence-electron chi connectivity index (χ4n) is 2.65. The Labute approximate surface area is 146 Å². The Morgan fingerprint density at radius 3 is 2.32 bits per heavy atom. The Morgan fingerprint density at radius 1 is 0.920 bits per heavy atom. The van der Waals surface area contributed by atoms with Crippen molar-refractivity contribution in [2.24, 2.45) is 0 Å². The average Bonchev–Trinajstić information content (AvgIpc) is 3.05. The van der Waals surface area contributed by atoms with Gasteiger partial charge in [-0.1, -0.05) is 31.7 Å². The summed E-state index contributed by atoms with van der Waals surface area (Å²) < 4.78 is 5.25. The van der Waals surface area contributed by atoms with Gasteiger partial charge in [0.1, 0.15) is 17.4 Å². The van der Waals surface area contributed by atoms with Crippen molar-refractivity contribution in [2.45, 2.75) is 7.43 Å². The van der Waals surface area contributed by atoms with Crippen molar-refractivity contribution in [1.82, 2.24) is 15.0 Å². The van der Waals surface area contributed by atoms with E-state index in [1.807, 2.05) is 36.4 Å². The highest BCUT2D eigenvalue weighted by molar-refractivity contribution is 5.81. The van der Waals surface area contributed by atoms with Crippen LogP contribution in [0.3, 0.4) is 0 Å². The number of hydrogen-bond donors (Lipinski definition) is 2. The molecule has 2 aromatic heterocycles. The third-order valence-corrected chi connectivity index (χ3v) is 3.97. The molecule has 0 fully saturated rings. The Bertz CT molecular complexity index is 989. The molecule has 0 saturated heterocycles. The van der Waals surface area contributed by atoms with Crippen molar-refractivity contribution in [3.8, 4) is 28.3 Å². The summed E-state index contributed by atoms with van der Waals surface area (Å²) in [6, 6.07) is 17.8. The van der Waals surface area contributed by atoms with Crippen molar-refractivity contribution in [3.63, 3.8) is 0 Å². The second-order valence-electron chi connectivity index (χ2n) is 5.52. The van der Waals surface area contributed by atoms with Crippen molar-refractivity contribution in [3.05, 3.63) is 60.8 Å². The lowest BCUT2D eigenvalue weighted by atomic mass is 10.1. The summed E-state index contributed by atoms with van der Waals surface area (Å²) in [5.74, 6) is 2.16. The van der Waals surface area contributed by atoms with Gasteiger partial charge in [0.05, 0.1) is 18.1 Å². The van der Waals surface area contributed by atoms with E-state index < -0.39 is 0 Å². The van der Waals surface area contributed by atoms with Crippen molar-refractivity contribution < 1.29 is 4.74 Å². The molecular formula is C20H20N4O. The van der Waals surface area contributed by atoms with Crippen LogP contribution in [0.1, 0.15) is 7.43 Å². The minimum atomic E-state index is 0. The minimum Gasteiger partial charge on any atom is -0.497 e. The molecule has 5 heteroatoms. The first-order valence-electron chi connectivity index (χ1n) is 7.59. The standard InChI is InChI=1S/C19H16N4O.CH4/c1-24-15-7-8-16-17(10-15)23-19(22-16)13-4-2-12(3-5-13)14-6-9-18(20)21-11-14;/h2-11H,1H3,(H2,20,21)(H,22,23);1H4. The smallest absolute Gasteiger partial charge is 0.138 e. The molecule has 0 aliphatic rings. The molecule has 0 saturated carbocycles. The second kappa shape index (κ2) is 6.65. The first kappa shape index (κ1) is 16.5. The molecule has 25 heavy (non-hydrogen) atoms. The molecule has 0 bridgehead atoms. The molecule has 0 aliphatic heterocycles. The van der Waals surface area contributed by atoms with Crippen LogP contribution < -0.4 is 10.5 Å². The number of methoxy groups -OCH3 is 1. The van der Waals surface area contributed by atoms with Gasteiger partial charge in [0.25, 0.3) is 0 Å². The number of pyridine rings is 1. The van der Waals surface area contributed by atoms with E-state index in [1.165, 1.54) is 0 Å². The van der Waals surface area contributed by atoms with Crippen LogP contribution in [0.2, 0.25) is 0 Å². The summed E-state index contributed by atoms with van der Waals surface area (Å²) in [4.78, 5) is 12.1. The van der Waals surface area contributed by atoms with Gasteiger partial charge in [-0.3, -0.25) is 0 Å². The van der Waals surface area contributed by atoms with Gasteiger partial charge in [-0.05, 0) is 29.8 Å². The lowest BCUT2D eigenvalue weighted by molar-refractivity contribution is 0.415. The van der Waals surface area contributed by atoms with Crippen LogP contribution >= 0.6 is 0 Å². The Kier molecular flexibility index (Phi) is 4.39. The Balaban J connectivity index is 0.00000182. The number of nitrogens with zero attached hydrogens (tertiary/aromatic N) is 2. The van der Waals surface area contributed by atoms with E-state index in [1.54, 1.807) is 19.4 Å². The number of ether oxygens (including phenoxy) is 1. The zero-order valence-electron chi connectivity index (χ0n) is 13.2. The number of rotatable bonds is 3. The maximum Gasteiger partial charge on any atom is 0.138 e. The van der Waals surface area contributed by atoms with E-state index in [0.717, 1.165) is 39.3 Å². The van der Waals surface area contributed by atoms with Crippen LogP contribution in [-0.2, 0) is 0 Å². The lowest BCUT2D eigenvalue weighted by Gasteiger charge is -2.03. The molecule has 0 aliphatic carbocycles. The maximum absolute atomic E-state index is 5.63. The van der Waals surface area contributed by atoms with Crippen LogP contribution in [0.15, 0.2) is 60.8 Å². The SMILES string of the molecule is C.COc1ccc2nc(-c3ccc(-c4ccc(N)nc4)cc3)[nH]c2c1. The van der Waals surface area contributed by atoms with Crippen LogP contribution in [0.4, 0.5) is 5.82 Å². The Hall–Kier alpha value is -3.34. The lowest BCUT2D eigenvalue weighted by Crippen LogP contribution is -1.89. The van der Waals surface area contributed by atoms with Crippen LogP contribution in [0.5, 0.6) is 5.75 Å². The molecule has 0 amide bonds. The van der Waals surface area contributed by atoms with Gasteiger partial charge >= 0.3 is 0 Å². The van der Waals surface area contributed by atoms with Gasteiger partial charge in [0.15, 0.2) is 0 Å². The molecule has 0 spiro atoms. The fourth-order valence-corrected chi connectivity index (χ4v) is 2.65. The number of fused-ring (bicyclic) bond motifs is 1. The molecule has 0 radical (unpaired) electrons. The maximum atomic E-state index is 5.63. The van der Waals surface area contributed by atoms with E-state index in [9.17, 15) is 0 Å². The number of aromatic amines is 1. The number of nitrogens with two attached hydrogens (primary N) is 1. The van der Waals surface area contributed by atoms with E-state index in [0.29, 0.717) is 5.82 Å². The highest BCUT2D eigenvalue weighted by Gasteiger charge is 2.07. The number of aromatic nitrogens is 3. The van der Waals surface area contributed by atoms with E-state index in [-0.39, 0.29) is 7.43 Å². The predicted octanol–water partition coefficient (Wildman–Crippen LogP) is 4.52. The fraction of sp³-hybridized carbons (Fsp3) is 0.100. The van der Waals surface area contributed by atoms with Gasteiger partial charge in [-0.15, -0.1) is 0 Å². The summed E-state index contributed by atoms with van der Waals surface area (Å²) in [7, 11) is 1.66. The molecule has 126 valence electrons. The van der Waals surface area contributed by atoms with Gasteiger partial charge in [0, 0.05) is 23.4 Å². The predicted molar refractivity (Wildman–Crippen MR) is 102 cm³/mol. The van der Waals surface area contributed by atoms with E-state index in [2.05, 4.69) is 27.1 Å². The molecule has 2 aromatic carbocycles. The number of anilines is 1. The summed E-state index contributed by atoms with van der Waals surface area (Å²) in [5.41, 5.74) is 10.6. The Morgan fingerprint density at radius 2 is 1.64 bits per heavy atom. The largest absolute Gasteiger partial charge is 0.497 e. The number of hydrogen-bond acceptors (Lipinski definition) is 4. The summed E-state index contributed by atoms with van der Waals surface area (Å²) in [6.07, 6.45) is 1.78. The van der Waals surface area contributed by atoms with Crippen molar-refractivity contribution >= 4 is 16.9 Å². The monoisotopic (exact) mass is 332 g/mol. The number of benzene rings is 2. The summed E-state index contributed by atoms with van der Waals surface area (Å²) in [5, 5.41) is 0. The van der Waals surface area contributed by atoms with Gasteiger partial charge < -0.3 is 15.5 Å². The molecular weight excluding hydrogens is 312 g/mol.